The number of ether oxygens (including phenoxy) is 1. The van der Waals surface area contributed by atoms with Crippen LogP contribution in [0.1, 0.15) is 11.1 Å². The van der Waals surface area contributed by atoms with Crippen LogP contribution in [0.2, 0.25) is 0 Å². The molecule has 0 atom stereocenters. The Bertz CT molecular complexity index is 1000. The van der Waals surface area contributed by atoms with E-state index in [0.717, 1.165) is 9.87 Å². The smallest absolute Gasteiger partial charge is 0.262 e. The van der Waals surface area contributed by atoms with Gasteiger partial charge in [0.15, 0.2) is 0 Å². The van der Waals surface area contributed by atoms with E-state index in [2.05, 4.69) is 10.9 Å². The van der Waals surface area contributed by atoms with Crippen molar-refractivity contribution in [2.45, 2.75) is 11.8 Å². The van der Waals surface area contributed by atoms with Crippen molar-refractivity contribution in [1.29, 1.82) is 0 Å². The third-order valence-electron chi connectivity index (χ3n) is 3.97. The van der Waals surface area contributed by atoms with Crippen LogP contribution in [0.25, 0.3) is 6.08 Å². The molecule has 29 heavy (non-hydrogen) atoms. The van der Waals surface area contributed by atoms with E-state index in [1.807, 2.05) is 6.92 Å². The average molecular weight is 417 g/mol. The Morgan fingerprint density at radius 1 is 1.07 bits per heavy atom. The summed E-state index contributed by atoms with van der Waals surface area (Å²) in [4.78, 5) is 23.9. The van der Waals surface area contributed by atoms with Crippen molar-refractivity contribution in [3.63, 3.8) is 0 Å². The molecule has 0 saturated heterocycles. The lowest BCUT2D eigenvalue weighted by Crippen LogP contribution is -2.46. The number of amides is 2. The van der Waals surface area contributed by atoms with Gasteiger partial charge in [0.25, 0.3) is 11.8 Å². The highest BCUT2D eigenvalue weighted by atomic mass is 32.2. The summed E-state index contributed by atoms with van der Waals surface area (Å²) >= 11 is 0. The Labute approximate surface area is 170 Å². The van der Waals surface area contributed by atoms with Crippen molar-refractivity contribution in [2.24, 2.45) is 0 Å². The second-order valence-electron chi connectivity index (χ2n) is 6.19. The van der Waals surface area contributed by atoms with Crippen LogP contribution in [-0.2, 0) is 19.6 Å². The molecule has 0 aliphatic heterocycles. The Morgan fingerprint density at radius 2 is 1.72 bits per heavy atom. The second-order valence-corrected chi connectivity index (χ2v) is 8.23. The van der Waals surface area contributed by atoms with Crippen LogP contribution < -0.4 is 15.6 Å². The molecule has 0 radical (unpaired) electrons. The molecule has 0 unspecified atom stereocenters. The van der Waals surface area contributed by atoms with Crippen LogP contribution in [0.5, 0.6) is 5.75 Å². The van der Waals surface area contributed by atoms with Crippen molar-refractivity contribution in [3.8, 4) is 5.75 Å². The van der Waals surface area contributed by atoms with Gasteiger partial charge in [-0.05, 0) is 31.2 Å². The predicted molar refractivity (Wildman–Crippen MR) is 109 cm³/mol. The van der Waals surface area contributed by atoms with E-state index >= 15 is 0 Å². The molecule has 0 fully saturated rings. The lowest BCUT2D eigenvalue weighted by molar-refractivity contribution is -0.126. The molecule has 2 aromatic carbocycles. The van der Waals surface area contributed by atoms with E-state index in [1.165, 1.54) is 38.4 Å². The molecule has 154 valence electrons. The number of hydrogen-bond acceptors (Lipinski definition) is 5. The van der Waals surface area contributed by atoms with E-state index in [4.69, 9.17) is 4.74 Å². The number of para-hydroxylation sites is 1. The molecule has 2 aromatic rings. The van der Waals surface area contributed by atoms with Gasteiger partial charge in [0, 0.05) is 18.7 Å². The Balaban J connectivity index is 1.89. The highest BCUT2D eigenvalue weighted by molar-refractivity contribution is 7.89. The summed E-state index contributed by atoms with van der Waals surface area (Å²) in [5.74, 6) is -0.654. The first-order chi connectivity index (χ1) is 13.7. The minimum Gasteiger partial charge on any atom is -0.496 e. The number of methoxy groups -OCH3 is 1. The average Bonchev–Trinajstić information content (AvgIpc) is 2.71. The minimum atomic E-state index is -3.81. The van der Waals surface area contributed by atoms with E-state index in [9.17, 15) is 18.0 Å². The fourth-order valence-electron chi connectivity index (χ4n) is 2.36. The van der Waals surface area contributed by atoms with Crippen molar-refractivity contribution in [2.75, 3.05) is 20.7 Å². The monoisotopic (exact) mass is 417 g/mol. The highest BCUT2D eigenvalue weighted by Crippen LogP contribution is 2.18. The summed E-state index contributed by atoms with van der Waals surface area (Å²) in [5.41, 5.74) is 6.01. The van der Waals surface area contributed by atoms with E-state index in [1.54, 1.807) is 36.4 Å². The number of nitrogens with one attached hydrogen (secondary N) is 2. The molecule has 0 bridgehead atoms. The quantitative estimate of drug-likeness (QED) is 0.525. The second kappa shape index (κ2) is 9.85. The molecule has 8 nitrogen and oxygen atoms in total. The van der Waals surface area contributed by atoms with Crippen LogP contribution >= 0.6 is 0 Å². The van der Waals surface area contributed by atoms with Gasteiger partial charge < -0.3 is 4.74 Å². The number of benzene rings is 2. The lowest BCUT2D eigenvalue weighted by Gasteiger charge is -2.17. The number of nitrogens with zero attached hydrogens (tertiary/aromatic N) is 1. The van der Waals surface area contributed by atoms with Gasteiger partial charge in [0.05, 0.1) is 18.6 Å². The van der Waals surface area contributed by atoms with Gasteiger partial charge in [0.2, 0.25) is 10.0 Å². The van der Waals surface area contributed by atoms with Gasteiger partial charge in [-0.25, -0.2) is 8.42 Å². The topological polar surface area (TPSA) is 105 Å². The molecular formula is C20H23N3O5S. The Kier molecular flexibility index (Phi) is 7.52. The zero-order valence-corrected chi connectivity index (χ0v) is 17.2. The molecule has 2 rings (SSSR count). The summed E-state index contributed by atoms with van der Waals surface area (Å²) < 4.78 is 31.0. The SMILES string of the molecule is COc1ccccc1/C=C/C(=O)NNC(=O)CN(C)S(=O)(=O)c1ccc(C)cc1. The van der Waals surface area contributed by atoms with Gasteiger partial charge in [-0.3, -0.25) is 20.4 Å². The Hall–Kier alpha value is -3.17. The summed E-state index contributed by atoms with van der Waals surface area (Å²) in [5, 5.41) is 0. The maximum absolute atomic E-state index is 12.5. The summed E-state index contributed by atoms with van der Waals surface area (Å²) in [6, 6.07) is 13.4. The van der Waals surface area contributed by atoms with Gasteiger partial charge in [-0.2, -0.15) is 4.31 Å². The molecule has 0 aliphatic carbocycles. The number of likely N-dealkylation sites (N-methyl/N-ethyl adjacent to an activating group) is 1. The Morgan fingerprint density at radius 3 is 2.38 bits per heavy atom. The molecule has 0 spiro atoms. The fourth-order valence-corrected chi connectivity index (χ4v) is 3.49. The van der Waals surface area contributed by atoms with Crippen molar-refractivity contribution in [1.82, 2.24) is 15.2 Å². The molecule has 0 saturated carbocycles. The number of hydrazine groups is 1. The number of carbonyl (C=O) groups is 2. The zero-order chi connectivity index (χ0) is 21.4. The van der Waals surface area contributed by atoms with Crippen LogP contribution in [0.15, 0.2) is 59.5 Å². The number of rotatable bonds is 7. The molecule has 9 heteroatoms. The van der Waals surface area contributed by atoms with Crippen molar-refractivity contribution in [3.05, 3.63) is 65.7 Å². The molecule has 2 amide bonds. The standard InChI is InChI=1S/C20H23N3O5S/c1-15-8-11-17(12-9-15)29(26,27)23(2)14-20(25)22-21-19(24)13-10-16-6-4-5-7-18(16)28-3/h4-13H,14H2,1-3H3,(H,21,24)(H,22,25)/b13-10+. The number of aryl methyl sites for hydroxylation is 1. The molecule has 0 heterocycles. The maximum atomic E-state index is 12.5. The fraction of sp³-hybridized carbons (Fsp3) is 0.200. The van der Waals surface area contributed by atoms with E-state index in [-0.39, 0.29) is 4.90 Å². The van der Waals surface area contributed by atoms with Gasteiger partial charge in [0.1, 0.15) is 5.75 Å². The predicted octanol–water partition coefficient (Wildman–Crippen LogP) is 1.48. The first-order valence-electron chi connectivity index (χ1n) is 8.67. The maximum Gasteiger partial charge on any atom is 0.262 e. The third-order valence-corrected chi connectivity index (χ3v) is 5.79. The highest BCUT2D eigenvalue weighted by Gasteiger charge is 2.22. The molecule has 0 aromatic heterocycles. The van der Waals surface area contributed by atoms with Crippen LogP contribution in [0.4, 0.5) is 0 Å². The summed E-state index contributed by atoms with van der Waals surface area (Å²) in [7, 11) is -1.000. The number of sulfonamides is 1. The zero-order valence-electron chi connectivity index (χ0n) is 16.4. The first-order valence-corrected chi connectivity index (χ1v) is 10.1. The van der Waals surface area contributed by atoms with Gasteiger partial charge >= 0.3 is 0 Å². The number of hydrogen-bond donors (Lipinski definition) is 2. The number of carbonyl (C=O) groups excluding carboxylic acids is 2. The summed E-state index contributed by atoms with van der Waals surface area (Å²) in [6.07, 6.45) is 2.76. The first kappa shape index (κ1) is 22.1. The third kappa shape index (κ3) is 6.16. The summed E-state index contributed by atoms with van der Waals surface area (Å²) in [6.45, 7) is 1.39. The van der Waals surface area contributed by atoms with Gasteiger partial charge in [-0.15, -0.1) is 0 Å². The molecule has 2 N–H and O–H groups in total. The van der Waals surface area contributed by atoms with Crippen molar-refractivity contribution < 1.29 is 22.7 Å². The minimum absolute atomic E-state index is 0.0853. The normalized spacial score (nSPS) is 11.4. The van der Waals surface area contributed by atoms with Crippen LogP contribution in [0, 0.1) is 6.92 Å². The van der Waals surface area contributed by atoms with E-state index in [0.29, 0.717) is 11.3 Å². The van der Waals surface area contributed by atoms with Crippen molar-refractivity contribution >= 4 is 27.9 Å². The van der Waals surface area contributed by atoms with Crippen LogP contribution in [-0.4, -0.2) is 45.2 Å². The molecular weight excluding hydrogens is 394 g/mol. The molecule has 0 aliphatic rings. The lowest BCUT2D eigenvalue weighted by atomic mass is 10.2. The van der Waals surface area contributed by atoms with E-state index < -0.39 is 28.4 Å². The van der Waals surface area contributed by atoms with Gasteiger partial charge in [-0.1, -0.05) is 35.9 Å². The van der Waals surface area contributed by atoms with Crippen LogP contribution in [0.3, 0.4) is 0 Å². The largest absolute Gasteiger partial charge is 0.496 e.